The number of azo groups is 2. The maximum Gasteiger partial charge on any atom is 1.00 e. The molecule has 0 aliphatic heterocycles. The van der Waals surface area contributed by atoms with E-state index in [1.165, 1.54) is 104 Å². The topological polar surface area (TPSA) is 279 Å². The zero-order valence-corrected chi connectivity index (χ0v) is 38.4. The van der Waals surface area contributed by atoms with Crippen molar-refractivity contribution < 1.29 is 110 Å². The molecule has 7 aromatic rings. The maximum atomic E-state index is 13.3. The largest absolute Gasteiger partial charge is 1.00 e. The van der Waals surface area contributed by atoms with Crippen molar-refractivity contribution in [3.63, 3.8) is 0 Å². The molecule has 7 aromatic carbocycles. The zero-order valence-electron chi connectivity index (χ0n) is 32.8. The molecule has 0 radical (unpaired) electrons. The average molecular weight is 891 g/mol. The van der Waals surface area contributed by atoms with Crippen LogP contribution in [0.2, 0.25) is 0 Å². The second-order valence-corrected chi connectivity index (χ2v) is 15.5. The number of aliphatic hydroxyl groups is 2. The molecule has 0 aliphatic carbocycles. The van der Waals surface area contributed by atoms with E-state index in [1.54, 1.807) is 18.2 Å². The third-order valence-electron chi connectivity index (χ3n) is 8.84. The van der Waals surface area contributed by atoms with E-state index in [0.717, 1.165) is 12.1 Å². The van der Waals surface area contributed by atoms with Crippen molar-refractivity contribution in [1.82, 2.24) is 0 Å². The molecule has 0 fully saturated rings. The number of hydrogen-bond acceptors (Lipinski definition) is 13. The van der Waals surface area contributed by atoms with Gasteiger partial charge < -0.3 is 25.2 Å². The number of rotatable bonds is 11. The fraction of sp³-hybridized carbons (Fsp3) is 0.0244. The van der Waals surface area contributed by atoms with Crippen LogP contribution in [0, 0.1) is 0 Å². The summed E-state index contributed by atoms with van der Waals surface area (Å²) in [5, 5.41) is 63.7. The fourth-order valence-electron chi connectivity index (χ4n) is 5.88. The number of aliphatic imine (C=N–C) groups is 2. The molecule has 0 saturated carbocycles. The van der Waals surface area contributed by atoms with E-state index in [4.69, 9.17) is 4.74 Å². The Hall–Kier alpha value is -5.58. The molecule has 0 unspecified atom stereocenters. The predicted molar refractivity (Wildman–Crippen MR) is 218 cm³/mol. The smallest absolute Gasteiger partial charge is 0.871 e. The van der Waals surface area contributed by atoms with Crippen molar-refractivity contribution in [2.75, 3.05) is 7.11 Å². The van der Waals surface area contributed by atoms with Gasteiger partial charge in [-0.15, -0.1) is 5.11 Å². The predicted octanol–water partition coefficient (Wildman–Crippen LogP) is 2.75. The molecule has 0 amide bonds. The quantitative estimate of drug-likeness (QED) is 0.0482. The molecular weight excluding hydrogens is 863 g/mol. The molecule has 0 bridgehead atoms. The molecule has 0 spiro atoms. The van der Waals surface area contributed by atoms with Crippen LogP contribution >= 0.6 is 0 Å². The second kappa shape index (κ2) is 19.6. The van der Waals surface area contributed by atoms with Crippen LogP contribution in [0.15, 0.2) is 168 Å². The van der Waals surface area contributed by atoms with Gasteiger partial charge in [-0.25, -0.2) is 9.98 Å². The van der Waals surface area contributed by atoms with Gasteiger partial charge in [0.05, 0.1) is 41.2 Å². The molecule has 21 heteroatoms. The van der Waals surface area contributed by atoms with Crippen LogP contribution in [0.5, 0.6) is 17.2 Å². The second-order valence-electron chi connectivity index (χ2n) is 12.7. The molecule has 0 heterocycles. The standard InChI is InChI=1S/C41H30N6O11S2.2Na/c1-58-30-17-14-28(15-18-30)45-47-37-36(60(55,56)57)21-25-20-29(16-19-31(25)39(37)49)43-41(51)23-6-10-26(11-7-23)42-40(50)24-8-12-27(13-9-24)44-46-34-22-35(59(52,53)54)32-4-2-3-5-33(32)38(34)48;;/h2-22,48-49H,1H3,(H,42,50)(H,43,51)(H,52,53,54)(H,55,56,57);;/q;2*+1/p-2. The Bertz CT molecular complexity index is 3170. The minimum absolute atomic E-state index is 0. The number of benzene rings is 7. The summed E-state index contributed by atoms with van der Waals surface area (Å²) in [6.07, 6.45) is 0. The maximum absolute atomic E-state index is 13.3. The van der Waals surface area contributed by atoms with Gasteiger partial charge in [0.1, 0.15) is 15.5 Å². The van der Waals surface area contributed by atoms with Crippen LogP contribution in [-0.4, -0.2) is 55.1 Å². The summed E-state index contributed by atoms with van der Waals surface area (Å²) in [4.78, 5) is 7.11. The minimum Gasteiger partial charge on any atom is -0.871 e. The van der Waals surface area contributed by atoms with E-state index in [9.17, 15) is 46.4 Å². The Morgan fingerprint density at radius 2 is 1.03 bits per heavy atom. The van der Waals surface area contributed by atoms with Gasteiger partial charge in [-0.2, -0.15) is 32.2 Å². The van der Waals surface area contributed by atoms with Gasteiger partial charge in [0, 0.05) is 16.5 Å². The molecule has 4 N–H and O–H groups in total. The van der Waals surface area contributed by atoms with Crippen molar-refractivity contribution in [2.24, 2.45) is 30.4 Å². The Morgan fingerprint density at radius 3 is 1.60 bits per heavy atom. The minimum atomic E-state index is -4.93. The van der Waals surface area contributed by atoms with Crippen molar-refractivity contribution in [1.29, 1.82) is 0 Å². The first-order valence-electron chi connectivity index (χ1n) is 17.3. The number of fused-ring (bicyclic) bond motifs is 2. The van der Waals surface area contributed by atoms with Gasteiger partial charge in [0.2, 0.25) is 11.8 Å². The van der Waals surface area contributed by atoms with Gasteiger partial charge in [-0.3, -0.25) is 9.11 Å². The van der Waals surface area contributed by atoms with Crippen LogP contribution in [0.1, 0.15) is 11.1 Å². The number of aliphatic hydroxyl groups excluding tert-OH is 2. The van der Waals surface area contributed by atoms with Crippen LogP contribution in [-0.2, 0) is 20.2 Å². The normalized spacial score (nSPS) is 12.4. The van der Waals surface area contributed by atoms with E-state index >= 15 is 0 Å². The summed E-state index contributed by atoms with van der Waals surface area (Å²) in [6, 6.07) is 30.1. The molecular formula is C41H28N6Na2O11S2. The Labute approximate surface area is 397 Å². The van der Waals surface area contributed by atoms with E-state index in [1.807, 2.05) is 0 Å². The third-order valence-corrected chi connectivity index (χ3v) is 10.6. The van der Waals surface area contributed by atoms with Crippen LogP contribution in [0.4, 0.5) is 34.1 Å². The first-order valence-corrected chi connectivity index (χ1v) is 20.2. The number of hydrogen-bond donors (Lipinski definition) is 4. The van der Waals surface area contributed by atoms with E-state index in [0.29, 0.717) is 17.1 Å². The van der Waals surface area contributed by atoms with Gasteiger partial charge >= 0.3 is 59.1 Å². The van der Waals surface area contributed by atoms with Crippen LogP contribution in [0.25, 0.3) is 21.5 Å². The van der Waals surface area contributed by atoms with Crippen molar-refractivity contribution >= 4 is 87.7 Å². The van der Waals surface area contributed by atoms with E-state index in [-0.39, 0.29) is 115 Å². The summed E-state index contributed by atoms with van der Waals surface area (Å²) in [7, 11) is -8.12. The molecule has 0 atom stereocenters. The van der Waals surface area contributed by atoms with Gasteiger partial charge in [0.25, 0.3) is 20.2 Å². The summed E-state index contributed by atoms with van der Waals surface area (Å²) < 4.78 is 73.2. The Morgan fingerprint density at radius 1 is 0.532 bits per heavy atom. The molecule has 17 nitrogen and oxygen atoms in total. The molecule has 0 aromatic heterocycles. The summed E-state index contributed by atoms with van der Waals surface area (Å²) in [6.45, 7) is 0. The first-order chi connectivity index (χ1) is 28.6. The summed E-state index contributed by atoms with van der Waals surface area (Å²) in [5.41, 5.74) is 0.624. The summed E-state index contributed by atoms with van der Waals surface area (Å²) in [5.74, 6) is -1.67. The number of nitrogens with zero attached hydrogens (tertiary/aromatic N) is 6. The number of methoxy groups -OCH3 is 1. The fourth-order valence-corrected chi connectivity index (χ4v) is 7.25. The monoisotopic (exact) mass is 890 g/mol. The summed E-state index contributed by atoms with van der Waals surface area (Å²) >= 11 is 0. The van der Waals surface area contributed by atoms with Crippen molar-refractivity contribution in [2.45, 2.75) is 9.79 Å². The Balaban J connectivity index is 0.00000363. The molecule has 0 saturated heterocycles. The van der Waals surface area contributed by atoms with Gasteiger partial charge in [0.15, 0.2) is 0 Å². The zero-order chi connectivity index (χ0) is 42.8. The third kappa shape index (κ3) is 10.7. The van der Waals surface area contributed by atoms with E-state index < -0.39 is 53.1 Å². The molecule has 62 heavy (non-hydrogen) atoms. The van der Waals surface area contributed by atoms with Crippen molar-refractivity contribution in [3.8, 4) is 17.2 Å². The molecule has 7 rings (SSSR count). The SMILES string of the molecule is COc1ccc(N=Nc2c(S(=O)(=O)O)cc3cc(N=C(O)c4ccc(N=C(O)c5ccc(N=Nc6cc(S(=O)(=O)O)c7ccccc7c6[O-])cc5)cc4)ccc3c2[O-])cc1.[Na+].[Na+]. The van der Waals surface area contributed by atoms with Gasteiger partial charge in [-0.1, -0.05) is 41.8 Å². The van der Waals surface area contributed by atoms with Crippen LogP contribution < -0.4 is 74.1 Å². The Kier molecular flexibility index (Phi) is 15.0. The molecule has 0 aliphatic rings. The first kappa shape index (κ1) is 47.5. The molecule has 302 valence electrons. The average Bonchev–Trinajstić information content (AvgIpc) is 3.23. The van der Waals surface area contributed by atoms with E-state index in [2.05, 4.69) is 30.4 Å². The van der Waals surface area contributed by atoms with Crippen molar-refractivity contribution in [3.05, 3.63) is 139 Å². The van der Waals surface area contributed by atoms with Crippen LogP contribution in [0.3, 0.4) is 0 Å². The number of ether oxygens (including phenoxy) is 1. The van der Waals surface area contributed by atoms with Gasteiger partial charge in [-0.05, 0) is 113 Å².